The van der Waals surface area contributed by atoms with Gasteiger partial charge in [-0.1, -0.05) is 0 Å². The van der Waals surface area contributed by atoms with Gasteiger partial charge in [0.15, 0.2) is 5.65 Å². The molecule has 0 saturated carbocycles. The minimum atomic E-state index is -4.31. The quantitative estimate of drug-likeness (QED) is 0.376. The number of morpholine rings is 1. The van der Waals surface area contributed by atoms with Gasteiger partial charge in [-0.15, -0.1) is 0 Å². The lowest BCUT2D eigenvalue weighted by Gasteiger charge is -2.29. The number of nitrogens with one attached hydrogen (secondary N) is 1. The predicted octanol–water partition coefficient (Wildman–Crippen LogP) is 5.90. The SMILES string of the molecule is Cc1cc(F)c(NC(=O)N2CC[C@@H](CC(F)(F)F)C2)cc1-c1cc(N2CCOCC2)c2nc(CC(F)F)cn2c1. The van der Waals surface area contributed by atoms with Gasteiger partial charge in [0.05, 0.1) is 36.7 Å². The van der Waals surface area contributed by atoms with Crippen LogP contribution in [0.3, 0.4) is 0 Å². The molecule has 3 aromatic rings. The number of hydrogen-bond donors (Lipinski definition) is 1. The summed E-state index contributed by atoms with van der Waals surface area (Å²) in [6.45, 7) is 3.93. The maximum atomic E-state index is 15.0. The third-order valence-electron chi connectivity index (χ3n) is 7.26. The standard InChI is InChI=1S/C27H29F6N5O2/c1-16-8-21(28)22(35-26(39)37-3-2-17(13-37)12-27(31,32)33)11-20(16)18-9-23(36-4-6-40-7-5-36)25-34-19(10-24(29)30)15-38(25)14-18/h8-9,11,14-15,17,24H,2-7,10,12-13H2,1H3,(H,35,39)/t17-/m0/s1. The van der Waals surface area contributed by atoms with Gasteiger partial charge in [-0.3, -0.25) is 0 Å². The first-order valence-corrected chi connectivity index (χ1v) is 13.0. The van der Waals surface area contributed by atoms with Crippen molar-refractivity contribution < 1.29 is 35.9 Å². The van der Waals surface area contributed by atoms with E-state index >= 15 is 0 Å². The van der Waals surface area contributed by atoms with Crippen LogP contribution in [0.4, 0.5) is 42.5 Å². The van der Waals surface area contributed by atoms with E-state index in [2.05, 4.69) is 10.3 Å². The van der Waals surface area contributed by atoms with Crippen LogP contribution >= 0.6 is 0 Å². The van der Waals surface area contributed by atoms with Crippen molar-refractivity contribution in [1.82, 2.24) is 14.3 Å². The van der Waals surface area contributed by atoms with Crippen LogP contribution < -0.4 is 10.2 Å². The number of carbonyl (C=O) groups is 1. The second kappa shape index (κ2) is 11.2. The zero-order valence-corrected chi connectivity index (χ0v) is 21.8. The molecule has 13 heteroatoms. The molecule has 2 aliphatic rings. The summed E-state index contributed by atoms with van der Waals surface area (Å²) in [6.07, 6.45) is -4.85. The largest absolute Gasteiger partial charge is 0.389 e. The summed E-state index contributed by atoms with van der Waals surface area (Å²) in [7, 11) is 0. The number of pyridine rings is 1. The molecule has 1 aromatic carbocycles. The smallest absolute Gasteiger partial charge is 0.378 e. The van der Waals surface area contributed by atoms with Crippen molar-refractivity contribution in [2.45, 2.75) is 38.8 Å². The third-order valence-corrected chi connectivity index (χ3v) is 7.26. The molecule has 0 unspecified atom stereocenters. The topological polar surface area (TPSA) is 62.1 Å². The fourth-order valence-corrected chi connectivity index (χ4v) is 5.36. The fraction of sp³-hybridized carbons (Fsp3) is 0.481. The van der Waals surface area contributed by atoms with Gasteiger partial charge in [-0.2, -0.15) is 13.2 Å². The molecule has 2 aromatic heterocycles. The fourth-order valence-electron chi connectivity index (χ4n) is 5.36. The Balaban J connectivity index is 1.46. The molecule has 0 aliphatic carbocycles. The van der Waals surface area contributed by atoms with Gasteiger partial charge in [0.1, 0.15) is 5.82 Å². The molecule has 0 spiro atoms. The third kappa shape index (κ3) is 6.29. The molecule has 7 nitrogen and oxygen atoms in total. The minimum Gasteiger partial charge on any atom is -0.378 e. The number of rotatable bonds is 6. The molecule has 0 radical (unpaired) electrons. The number of ether oxygens (including phenoxy) is 1. The highest BCUT2D eigenvalue weighted by Gasteiger charge is 2.36. The van der Waals surface area contributed by atoms with Crippen LogP contribution in [0.1, 0.15) is 24.1 Å². The molecule has 2 amide bonds. The van der Waals surface area contributed by atoms with E-state index in [4.69, 9.17) is 4.74 Å². The van der Waals surface area contributed by atoms with Crippen molar-refractivity contribution in [3.63, 3.8) is 0 Å². The van der Waals surface area contributed by atoms with Crippen LogP contribution in [0.5, 0.6) is 0 Å². The molecule has 0 bridgehead atoms. The molecular formula is C27H29F6N5O2. The number of likely N-dealkylation sites (tertiary alicyclic amines) is 1. The Morgan fingerprint density at radius 2 is 1.90 bits per heavy atom. The summed E-state index contributed by atoms with van der Waals surface area (Å²) in [4.78, 5) is 20.6. The number of amides is 2. The maximum absolute atomic E-state index is 15.0. The highest BCUT2D eigenvalue weighted by atomic mass is 19.4. The second-order valence-corrected chi connectivity index (χ2v) is 10.3. The van der Waals surface area contributed by atoms with Crippen molar-refractivity contribution >= 4 is 23.1 Å². The average Bonchev–Trinajstić information content (AvgIpc) is 3.50. The van der Waals surface area contributed by atoms with Crippen LogP contribution in [-0.4, -0.2) is 72.3 Å². The number of nitrogens with zero attached hydrogens (tertiary/aromatic N) is 4. The Kier molecular flexibility index (Phi) is 7.85. The second-order valence-electron chi connectivity index (χ2n) is 10.3. The number of benzene rings is 1. The number of imidazole rings is 1. The monoisotopic (exact) mass is 569 g/mol. The van der Waals surface area contributed by atoms with Crippen molar-refractivity contribution in [3.05, 3.63) is 47.7 Å². The first-order valence-electron chi connectivity index (χ1n) is 13.0. The Hall–Kier alpha value is -3.48. The molecule has 4 heterocycles. The van der Waals surface area contributed by atoms with Gasteiger partial charge in [0.2, 0.25) is 6.43 Å². The summed E-state index contributed by atoms with van der Waals surface area (Å²) < 4.78 is 86.6. The lowest BCUT2D eigenvalue weighted by atomic mass is 10.00. The number of fused-ring (bicyclic) bond motifs is 1. The molecule has 2 fully saturated rings. The molecule has 2 saturated heterocycles. The van der Waals surface area contributed by atoms with Gasteiger partial charge in [-0.25, -0.2) is 22.9 Å². The molecular weight excluding hydrogens is 540 g/mol. The van der Waals surface area contributed by atoms with Crippen LogP contribution in [0.25, 0.3) is 16.8 Å². The van der Waals surface area contributed by atoms with E-state index in [-0.39, 0.29) is 30.9 Å². The lowest BCUT2D eigenvalue weighted by molar-refractivity contribution is -0.143. The van der Waals surface area contributed by atoms with Gasteiger partial charge >= 0.3 is 12.2 Å². The van der Waals surface area contributed by atoms with Gasteiger partial charge in [-0.05, 0) is 48.6 Å². The first kappa shape index (κ1) is 28.1. The summed E-state index contributed by atoms with van der Waals surface area (Å²) in [5, 5.41) is 2.52. The summed E-state index contributed by atoms with van der Waals surface area (Å²) >= 11 is 0. The Bertz CT molecular complexity index is 1390. The first-order chi connectivity index (χ1) is 19.0. The van der Waals surface area contributed by atoms with Crippen molar-refractivity contribution in [2.24, 2.45) is 5.92 Å². The van der Waals surface area contributed by atoms with Crippen molar-refractivity contribution in [2.75, 3.05) is 49.6 Å². The number of aryl methyl sites for hydroxylation is 1. The van der Waals surface area contributed by atoms with Crippen molar-refractivity contribution in [1.29, 1.82) is 0 Å². The highest BCUT2D eigenvalue weighted by Crippen LogP contribution is 2.35. The van der Waals surface area contributed by atoms with Crippen molar-refractivity contribution in [3.8, 4) is 11.1 Å². The predicted molar refractivity (Wildman–Crippen MR) is 137 cm³/mol. The molecule has 1 N–H and O–H groups in total. The molecule has 1 atom stereocenters. The van der Waals surface area contributed by atoms with Crippen LogP contribution in [-0.2, 0) is 11.2 Å². The number of alkyl halides is 5. The number of aromatic nitrogens is 2. The number of urea groups is 1. The summed E-state index contributed by atoms with van der Waals surface area (Å²) in [6, 6.07) is 3.94. The van der Waals surface area contributed by atoms with E-state index in [9.17, 15) is 31.1 Å². The molecule has 216 valence electrons. The molecule has 2 aliphatic heterocycles. The number of carbonyl (C=O) groups excluding carboxylic acids is 1. The Labute approximate surface area is 226 Å². The van der Waals surface area contributed by atoms with Crippen LogP contribution in [0.15, 0.2) is 30.6 Å². The van der Waals surface area contributed by atoms with E-state index in [0.29, 0.717) is 54.3 Å². The van der Waals surface area contributed by atoms with E-state index in [1.165, 1.54) is 17.0 Å². The minimum absolute atomic E-state index is 0.0627. The van der Waals surface area contributed by atoms with E-state index < -0.39 is 43.2 Å². The summed E-state index contributed by atoms with van der Waals surface area (Å²) in [5.74, 6) is -1.38. The number of halogens is 6. The zero-order valence-electron chi connectivity index (χ0n) is 21.8. The van der Waals surface area contributed by atoms with Gasteiger partial charge in [0.25, 0.3) is 0 Å². The highest BCUT2D eigenvalue weighted by molar-refractivity contribution is 5.91. The van der Waals surface area contributed by atoms with E-state index in [1.54, 1.807) is 23.7 Å². The normalized spacial score (nSPS) is 18.2. The van der Waals surface area contributed by atoms with Gasteiger partial charge in [0, 0.05) is 50.6 Å². The summed E-state index contributed by atoms with van der Waals surface area (Å²) in [5.41, 5.74) is 3.16. The van der Waals surface area contributed by atoms with Crippen LogP contribution in [0.2, 0.25) is 0 Å². The van der Waals surface area contributed by atoms with Crippen LogP contribution in [0, 0.1) is 18.7 Å². The van der Waals surface area contributed by atoms with E-state index in [1.807, 2.05) is 11.0 Å². The molecule has 5 rings (SSSR count). The maximum Gasteiger partial charge on any atom is 0.389 e. The molecule has 40 heavy (non-hydrogen) atoms. The van der Waals surface area contributed by atoms with E-state index in [0.717, 1.165) is 0 Å². The number of anilines is 2. The Morgan fingerprint density at radius 3 is 2.60 bits per heavy atom. The Morgan fingerprint density at radius 1 is 1.15 bits per heavy atom. The number of hydrogen-bond acceptors (Lipinski definition) is 4. The lowest BCUT2D eigenvalue weighted by Crippen LogP contribution is -2.36. The zero-order chi connectivity index (χ0) is 28.6. The average molecular weight is 570 g/mol. The van der Waals surface area contributed by atoms with Gasteiger partial charge < -0.3 is 24.3 Å².